The summed E-state index contributed by atoms with van der Waals surface area (Å²) >= 11 is 0. The SMILES string of the molecule is N[C@@H](CCCCN1[C@H](CO)CC[C@H]1C=O)C(=O)O. The molecule has 0 spiro atoms. The van der Waals surface area contributed by atoms with Crippen LogP contribution < -0.4 is 5.73 Å². The molecule has 18 heavy (non-hydrogen) atoms. The van der Waals surface area contributed by atoms with Crippen LogP contribution in [-0.2, 0) is 9.59 Å². The minimum absolute atomic E-state index is 0.0633. The summed E-state index contributed by atoms with van der Waals surface area (Å²) in [5.41, 5.74) is 5.41. The predicted octanol–water partition coefficient (Wildman–Crippen LogP) is -0.407. The van der Waals surface area contributed by atoms with Crippen molar-refractivity contribution in [1.29, 1.82) is 0 Å². The number of unbranched alkanes of at least 4 members (excludes halogenated alkanes) is 1. The Kier molecular flexibility index (Phi) is 6.24. The fraction of sp³-hybridized carbons (Fsp3) is 0.833. The van der Waals surface area contributed by atoms with Crippen LogP contribution in [0.25, 0.3) is 0 Å². The number of nitrogens with two attached hydrogens (primary N) is 1. The number of carboxylic acid groups (broad SMARTS) is 1. The molecule has 0 amide bonds. The topological polar surface area (TPSA) is 104 Å². The van der Waals surface area contributed by atoms with Crippen LogP contribution in [0, 0.1) is 0 Å². The van der Waals surface area contributed by atoms with E-state index in [1.54, 1.807) is 0 Å². The zero-order valence-corrected chi connectivity index (χ0v) is 10.5. The maximum absolute atomic E-state index is 10.9. The van der Waals surface area contributed by atoms with E-state index < -0.39 is 12.0 Å². The second-order valence-corrected chi connectivity index (χ2v) is 4.80. The van der Waals surface area contributed by atoms with E-state index in [1.807, 2.05) is 4.90 Å². The number of aliphatic hydroxyl groups excluding tert-OH is 1. The molecule has 0 bridgehead atoms. The van der Waals surface area contributed by atoms with Gasteiger partial charge in [-0.15, -0.1) is 0 Å². The fourth-order valence-corrected chi connectivity index (χ4v) is 2.44. The maximum atomic E-state index is 10.9. The van der Waals surface area contributed by atoms with Gasteiger partial charge in [-0.05, 0) is 32.2 Å². The highest BCUT2D eigenvalue weighted by molar-refractivity contribution is 5.72. The molecule has 0 aromatic carbocycles. The Labute approximate surface area is 107 Å². The molecule has 0 aromatic rings. The summed E-state index contributed by atoms with van der Waals surface area (Å²) in [5, 5.41) is 17.9. The number of likely N-dealkylation sites (tertiary alicyclic amines) is 1. The standard InChI is InChI=1S/C12H22N2O4/c13-11(12(17)18)3-1-2-6-14-9(7-15)4-5-10(14)8-16/h7,9-11,16H,1-6,8,13H2,(H,17,18)/t9-,10-,11-/m0/s1. The Bertz CT molecular complexity index is 285. The van der Waals surface area contributed by atoms with Crippen molar-refractivity contribution in [3.8, 4) is 0 Å². The van der Waals surface area contributed by atoms with Crippen molar-refractivity contribution in [3.63, 3.8) is 0 Å². The number of hydrogen-bond acceptors (Lipinski definition) is 5. The van der Waals surface area contributed by atoms with Gasteiger partial charge in [-0.3, -0.25) is 9.69 Å². The molecule has 1 aliphatic heterocycles. The maximum Gasteiger partial charge on any atom is 0.320 e. The summed E-state index contributed by atoms with van der Waals surface area (Å²) in [6, 6.07) is -0.845. The van der Waals surface area contributed by atoms with E-state index in [1.165, 1.54) is 0 Å². The van der Waals surface area contributed by atoms with Crippen LogP contribution in [0.1, 0.15) is 32.1 Å². The number of aliphatic carboxylic acids is 1. The van der Waals surface area contributed by atoms with Gasteiger partial charge in [0.25, 0.3) is 0 Å². The molecule has 0 saturated carbocycles. The average Bonchev–Trinajstić information content (AvgIpc) is 2.76. The molecule has 1 heterocycles. The van der Waals surface area contributed by atoms with E-state index in [9.17, 15) is 14.7 Å². The van der Waals surface area contributed by atoms with Gasteiger partial charge in [0.15, 0.2) is 0 Å². The lowest BCUT2D eigenvalue weighted by molar-refractivity contribution is -0.138. The first-order valence-electron chi connectivity index (χ1n) is 6.40. The van der Waals surface area contributed by atoms with E-state index in [4.69, 9.17) is 10.8 Å². The lowest BCUT2D eigenvalue weighted by Crippen LogP contribution is -2.39. The average molecular weight is 258 g/mol. The van der Waals surface area contributed by atoms with Crippen molar-refractivity contribution >= 4 is 12.3 Å². The van der Waals surface area contributed by atoms with Gasteiger partial charge in [0.2, 0.25) is 0 Å². The Morgan fingerprint density at radius 3 is 2.72 bits per heavy atom. The number of aldehydes is 1. The molecule has 0 unspecified atom stereocenters. The lowest BCUT2D eigenvalue weighted by Gasteiger charge is -2.26. The second kappa shape index (κ2) is 7.45. The first-order chi connectivity index (χ1) is 8.60. The first kappa shape index (κ1) is 15.1. The summed E-state index contributed by atoms with van der Waals surface area (Å²) in [6.45, 7) is 0.778. The zero-order valence-electron chi connectivity index (χ0n) is 10.5. The minimum Gasteiger partial charge on any atom is -0.480 e. The highest BCUT2D eigenvalue weighted by atomic mass is 16.4. The van der Waals surface area contributed by atoms with Gasteiger partial charge in [-0.1, -0.05) is 6.42 Å². The third kappa shape index (κ3) is 4.04. The largest absolute Gasteiger partial charge is 0.480 e. The summed E-state index contributed by atoms with van der Waals surface area (Å²) in [7, 11) is 0. The summed E-state index contributed by atoms with van der Waals surface area (Å²) in [6.07, 6.45) is 4.52. The fourth-order valence-electron chi connectivity index (χ4n) is 2.44. The van der Waals surface area contributed by atoms with Gasteiger partial charge in [0, 0.05) is 6.04 Å². The molecular formula is C12H22N2O4. The van der Waals surface area contributed by atoms with Gasteiger partial charge in [-0.2, -0.15) is 0 Å². The van der Waals surface area contributed by atoms with Crippen molar-refractivity contribution in [2.24, 2.45) is 5.73 Å². The van der Waals surface area contributed by atoms with Crippen LogP contribution in [0.2, 0.25) is 0 Å². The van der Waals surface area contributed by atoms with E-state index >= 15 is 0 Å². The number of carboxylic acids is 1. The highest BCUT2D eigenvalue weighted by Crippen LogP contribution is 2.23. The molecule has 1 fully saturated rings. The van der Waals surface area contributed by atoms with Gasteiger partial charge < -0.3 is 20.7 Å². The molecule has 1 aliphatic rings. The van der Waals surface area contributed by atoms with Gasteiger partial charge in [-0.25, -0.2) is 0 Å². The highest BCUT2D eigenvalue weighted by Gasteiger charge is 2.31. The first-order valence-corrected chi connectivity index (χ1v) is 6.40. The summed E-state index contributed by atoms with van der Waals surface area (Å²) in [4.78, 5) is 23.4. The zero-order chi connectivity index (χ0) is 13.5. The smallest absolute Gasteiger partial charge is 0.320 e. The number of rotatable bonds is 8. The van der Waals surface area contributed by atoms with Crippen molar-refractivity contribution in [1.82, 2.24) is 4.90 Å². The molecule has 1 rings (SSSR count). The van der Waals surface area contributed by atoms with Crippen LogP contribution >= 0.6 is 0 Å². The Morgan fingerprint density at radius 2 is 2.17 bits per heavy atom. The second-order valence-electron chi connectivity index (χ2n) is 4.80. The molecule has 4 N–H and O–H groups in total. The van der Waals surface area contributed by atoms with E-state index in [0.29, 0.717) is 19.4 Å². The molecule has 1 saturated heterocycles. The van der Waals surface area contributed by atoms with Crippen molar-refractivity contribution < 1.29 is 19.8 Å². The Hall–Kier alpha value is -0.980. The number of carbonyl (C=O) groups excluding carboxylic acids is 1. The lowest BCUT2D eigenvalue weighted by atomic mass is 10.1. The van der Waals surface area contributed by atoms with Crippen molar-refractivity contribution in [2.75, 3.05) is 13.2 Å². The van der Waals surface area contributed by atoms with Crippen LogP contribution in [-0.4, -0.2) is 58.6 Å². The predicted molar refractivity (Wildman–Crippen MR) is 66.1 cm³/mol. The quantitative estimate of drug-likeness (QED) is 0.404. The third-order valence-corrected chi connectivity index (χ3v) is 3.56. The molecule has 0 aromatic heterocycles. The molecule has 3 atom stereocenters. The summed E-state index contributed by atoms with van der Waals surface area (Å²) < 4.78 is 0. The number of aliphatic hydroxyl groups is 1. The molecule has 104 valence electrons. The molecular weight excluding hydrogens is 236 g/mol. The Balaban J connectivity index is 2.28. The third-order valence-electron chi connectivity index (χ3n) is 3.56. The van der Waals surface area contributed by atoms with Gasteiger partial charge >= 0.3 is 5.97 Å². The van der Waals surface area contributed by atoms with E-state index in [0.717, 1.165) is 25.5 Å². The minimum atomic E-state index is -0.977. The number of hydrogen-bond donors (Lipinski definition) is 3. The van der Waals surface area contributed by atoms with Crippen LogP contribution in [0.15, 0.2) is 0 Å². The Morgan fingerprint density at radius 1 is 1.44 bits per heavy atom. The normalized spacial score (nSPS) is 26.1. The van der Waals surface area contributed by atoms with Crippen LogP contribution in [0.3, 0.4) is 0 Å². The van der Waals surface area contributed by atoms with Crippen molar-refractivity contribution in [3.05, 3.63) is 0 Å². The molecule has 6 heteroatoms. The molecule has 6 nitrogen and oxygen atoms in total. The molecule has 0 radical (unpaired) electrons. The van der Waals surface area contributed by atoms with E-state index in [-0.39, 0.29) is 18.7 Å². The summed E-state index contributed by atoms with van der Waals surface area (Å²) in [5.74, 6) is -0.977. The van der Waals surface area contributed by atoms with Crippen LogP contribution in [0.5, 0.6) is 0 Å². The number of nitrogens with zero attached hydrogens (tertiary/aromatic N) is 1. The van der Waals surface area contributed by atoms with Crippen LogP contribution in [0.4, 0.5) is 0 Å². The monoisotopic (exact) mass is 258 g/mol. The van der Waals surface area contributed by atoms with Gasteiger partial charge in [0.05, 0.1) is 12.6 Å². The van der Waals surface area contributed by atoms with Crippen molar-refractivity contribution in [2.45, 2.75) is 50.2 Å². The molecule has 0 aliphatic carbocycles. The number of carbonyl (C=O) groups is 2. The van der Waals surface area contributed by atoms with Gasteiger partial charge in [0.1, 0.15) is 12.3 Å². The van der Waals surface area contributed by atoms with E-state index in [2.05, 4.69) is 0 Å².